The fourth-order valence-corrected chi connectivity index (χ4v) is 6.61. The Labute approximate surface area is 227 Å². The van der Waals surface area contributed by atoms with Crippen LogP contribution in [0.15, 0.2) is 54.2 Å². The molecule has 1 aromatic carbocycles. The molecular formula is C31H33N3O3S. The predicted molar refractivity (Wildman–Crippen MR) is 152 cm³/mol. The minimum Gasteiger partial charge on any atom is -0.496 e. The molecule has 0 atom stereocenters. The van der Waals surface area contributed by atoms with Gasteiger partial charge in [0.1, 0.15) is 11.4 Å². The zero-order chi connectivity index (χ0) is 26.4. The Bertz CT molecular complexity index is 1480. The summed E-state index contributed by atoms with van der Waals surface area (Å²) >= 11 is 1.71. The molecule has 7 heteroatoms. The Hall–Kier alpha value is -3.42. The fraction of sp³-hybridized carbons (Fsp3) is 0.355. The van der Waals surface area contributed by atoms with Gasteiger partial charge in [-0.05, 0) is 68.8 Å². The van der Waals surface area contributed by atoms with Gasteiger partial charge in [-0.2, -0.15) is 0 Å². The summed E-state index contributed by atoms with van der Waals surface area (Å²) in [5.74, 6) is 0.925. The smallest absolute Gasteiger partial charge is 0.271 e. The van der Waals surface area contributed by atoms with Crippen molar-refractivity contribution in [1.82, 2.24) is 14.5 Å². The molecule has 6 nitrogen and oxygen atoms in total. The fourth-order valence-electron chi connectivity index (χ4n) is 5.81. The van der Waals surface area contributed by atoms with E-state index in [9.17, 15) is 4.79 Å². The predicted octanol–water partition coefficient (Wildman–Crippen LogP) is 6.67. The highest BCUT2D eigenvalue weighted by molar-refractivity contribution is 7.13. The number of rotatable bonds is 3. The SMILES string of the molecule is COc1cc2c(cc1-c1cccnc1)-c1c(-c3cccs3)c3c(n1CC2)C(=O)N(C(C)(C)C)CCCOC3. The number of benzene rings is 1. The normalized spacial score (nSPS) is 15.7. The van der Waals surface area contributed by atoms with Crippen molar-refractivity contribution in [2.24, 2.45) is 0 Å². The van der Waals surface area contributed by atoms with E-state index >= 15 is 0 Å². The molecule has 0 saturated heterocycles. The summed E-state index contributed by atoms with van der Waals surface area (Å²) in [5.41, 5.74) is 8.04. The number of hydrogen-bond donors (Lipinski definition) is 0. The maximum Gasteiger partial charge on any atom is 0.271 e. The summed E-state index contributed by atoms with van der Waals surface area (Å²) in [6.07, 6.45) is 5.30. The summed E-state index contributed by atoms with van der Waals surface area (Å²) in [6, 6.07) is 12.6. The molecule has 0 fully saturated rings. The highest BCUT2D eigenvalue weighted by Gasteiger charge is 2.37. The molecule has 0 aliphatic carbocycles. The second-order valence-electron chi connectivity index (χ2n) is 10.9. The Kier molecular flexibility index (Phi) is 6.36. The molecule has 38 heavy (non-hydrogen) atoms. The van der Waals surface area contributed by atoms with Crippen LogP contribution in [0.2, 0.25) is 0 Å². The van der Waals surface area contributed by atoms with Crippen LogP contribution >= 0.6 is 11.3 Å². The number of aryl methyl sites for hydroxylation is 1. The third-order valence-electron chi connectivity index (χ3n) is 7.56. The van der Waals surface area contributed by atoms with Gasteiger partial charge >= 0.3 is 0 Å². The third-order valence-corrected chi connectivity index (χ3v) is 8.45. The summed E-state index contributed by atoms with van der Waals surface area (Å²) in [7, 11) is 1.72. The second kappa shape index (κ2) is 9.71. The van der Waals surface area contributed by atoms with Gasteiger partial charge in [0.2, 0.25) is 0 Å². The minimum absolute atomic E-state index is 0.0894. The maximum absolute atomic E-state index is 14.4. The standard InChI is InChI=1S/C31H33N3O3S/c1-31(2,3)34-12-7-14-37-19-24-27(26-9-6-15-38-26)28-23-17-22(21-8-5-11-32-18-21)25(36-4)16-20(23)10-13-33(28)29(24)30(34)35/h5-6,8-9,11,15-18H,7,10,12-14,19H2,1-4H3. The number of pyridine rings is 1. The highest BCUT2D eigenvalue weighted by atomic mass is 32.1. The molecule has 0 bridgehead atoms. The molecular weight excluding hydrogens is 494 g/mol. The van der Waals surface area contributed by atoms with Crippen LogP contribution in [0.25, 0.3) is 32.8 Å². The number of methoxy groups -OCH3 is 1. The van der Waals surface area contributed by atoms with E-state index in [2.05, 4.69) is 66.0 Å². The first-order valence-electron chi connectivity index (χ1n) is 13.2. The number of fused-ring (bicyclic) bond motifs is 5. The Morgan fingerprint density at radius 2 is 1.95 bits per heavy atom. The number of nitrogens with zero attached hydrogens (tertiary/aromatic N) is 3. The highest BCUT2D eigenvalue weighted by Crippen LogP contribution is 2.48. The van der Waals surface area contributed by atoms with Crippen molar-refractivity contribution in [2.75, 3.05) is 20.3 Å². The van der Waals surface area contributed by atoms with E-state index in [0.717, 1.165) is 69.2 Å². The lowest BCUT2D eigenvalue weighted by Gasteiger charge is -2.36. The molecule has 196 valence electrons. The van der Waals surface area contributed by atoms with Crippen molar-refractivity contribution in [1.29, 1.82) is 0 Å². The Morgan fingerprint density at radius 1 is 1.08 bits per heavy atom. The number of carbonyl (C=O) groups is 1. The van der Waals surface area contributed by atoms with E-state index in [1.807, 2.05) is 17.2 Å². The van der Waals surface area contributed by atoms with Gasteiger partial charge in [0.05, 0.1) is 19.4 Å². The second-order valence-corrected chi connectivity index (χ2v) is 11.9. The molecule has 4 aromatic rings. The van der Waals surface area contributed by atoms with Crippen LogP contribution in [-0.4, -0.2) is 46.2 Å². The Morgan fingerprint density at radius 3 is 2.66 bits per heavy atom. The van der Waals surface area contributed by atoms with Gasteiger partial charge in [-0.15, -0.1) is 11.3 Å². The average molecular weight is 528 g/mol. The lowest BCUT2D eigenvalue weighted by Crippen LogP contribution is -2.47. The first kappa shape index (κ1) is 24.9. The summed E-state index contributed by atoms with van der Waals surface area (Å²) < 4.78 is 14.3. The molecule has 0 radical (unpaired) electrons. The number of carbonyl (C=O) groups excluding carboxylic acids is 1. The van der Waals surface area contributed by atoms with Crippen LogP contribution < -0.4 is 4.74 Å². The zero-order valence-electron chi connectivity index (χ0n) is 22.4. The lowest BCUT2D eigenvalue weighted by atomic mass is 9.91. The quantitative estimate of drug-likeness (QED) is 0.299. The van der Waals surface area contributed by atoms with Gasteiger partial charge in [-0.3, -0.25) is 9.78 Å². The molecule has 0 spiro atoms. The zero-order valence-corrected chi connectivity index (χ0v) is 23.2. The van der Waals surface area contributed by atoms with Crippen molar-refractivity contribution in [3.63, 3.8) is 0 Å². The van der Waals surface area contributed by atoms with Gasteiger partial charge in [-0.25, -0.2) is 0 Å². The van der Waals surface area contributed by atoms with Crippen LogP contribution in [-0.2, 0) is 24.3 Å². The molecule has 0 unspecified atom stereocenters. The van der Waals surface area contributed by atoms with Crippen LogP contribution in [0.5, 0.6) is 5.75 Å². The molecule has 2 aliphatic heterocycles. The van der Waals surface area contributed by atoms with Crippen molar-refractivity contribution in [3.05, 3.63) is 71.0 Å². The summed E-state index contributed by atoms with van der Waals surface area (Å²) in [6.45, 7) is 8.81. The van der Waals surface area contributed by atoms with E-state index < -0.39 is 0 Å². The first-order valence-corrected chi connectivity index (χ1v) is 14.1. The minimum atomic E-state index is -0.292. The topological polar surface area (TPSA) is 56.6 Å². The third kappa shape index (κ3) is 4.14. The molecule has 6 rings (SSSR count). The molecule has 3 aromatic heterocycles. The van der Waals surface area contributed by atoms with Crippen molar-refractivity contribution < 1.29 is 14.3 Å². The summed E-state index contributed by atoms with van der Waals surface area (Å²) in [4.78, 5) is 21.9. The van der Waals surface area contributed by atoms with Crippen LogP contribution in [0.3, 0.4) is 0 Å². The van der Waals surface area contributed by atoms with Crippen molar-refractivity contribution in [3.8, 4) is 38.6 Å². The number of hydrogen-bond acceptors (Lipinski definition) is 5. The summed E-state index contributed by atoms with van der Waals surface area (Å²) in [5, 5.41) is 2.10. The first-order chi connectivity index (χ1) is 18.4. The van der Waals surface area contributed by atoms with Gasteiger partial charge in [0.15, 0.2) is 0 Å². The molecule has 2 aliphatic rings. The molecule has 0 saturated carbocycles. The van der Waals surface area contributed by atoms with E-state index in [1.165, 1.54) is 5.56 Å². The van der Waals surface area contributed by atoms with Gasteiger partial charge in [0, 0.05) is 70.3 Å². The van der Waals surface area contributed by atoms with E-state index in [4.69, 9.17) is 9.47 Å². The van der Waals surface area contributed by atoms with Crippen molar-refractivity contribution >= 4 is 17.2 Å². The molecule has 0 N–H and O–H groups in total. The van der Waals surface area contributed by atoms with Crippen LogP contribution in [0.1, 0.15) is 48.8 Å². The molecule has 1 amide bonds. The number of amides is 1. The average Bonchev–Trinajstić information content (AvgIpc) is 3.56. The van der Waals surface area contributed by atoms with Crippen LogP contribution in [0.4, 0.5) is 0 Å². The van der Waals surface area contributed by atoms with E-state index in [0.29, 0.717) is 19.8 Å². The van der Waals surface area contributed by atoms with Gasteiger partial charge in [0.25, 0.3) is 5.91 Å². The van der Waals surface area contributed by atoms with E-state index in [1.54, 1.807) is 24.6 Å². The number of thiophene rings is 1. The number of aromatic nitrogens is 2. The maximum atomic E-state index is 14.4. The van der Waals surface area contributed by atoms with Crippen LogP contribution in [0, 0.1) is 0 Å². The lowest BCUT2D eigenvalue weighted by molar-refractivity contribution is 0.0544. The largest absolute Gasteiger partial charge is 0.496 e. The Balaban J connectivity index is 1.65. The van der Waals surface area contributed by atoms with E-state index in [-0.39, 0.29) is 11.4 Å². The van der Waals surface area contributed by atoms with Gasteiger partial charge < -0.3 is 18.9 Å². The number of ether oxygens (including phenoxy) is 2. The van der Waals surface area contributed by atoms with Crippen molar-refractivity contribution in [2.45, 2.75) is 52.3 Å². The molecule has 5 heterocycles. The monoisotopic (exact) mass is 527 g/mol. The van der Waals surface area contributed by atoms with Gasteiger partial charge in [-0.1, -0.05) is 12.1 Å².